The first-order valence-electron chi connectivity index (χ1n) is 5.14. The van der Waals surface area contributed by atoms with E-state index in [-0.39, 0.29) is 6.61 Å². The van der Waals surface area contributed by atoms with Gasteiger partial charge in [0.15, 0.2) is 5.69 Å². The molecule has 0 aliphatic heterocycles. The normalized spacial score (nSPS) is 11.6. The molecule has 20 heavy (non-hydrogen) atoms. The second-order valence-corrected chi connectivity index (χ2v) is 3.35. The molecule has 0 saturated heterocycles. The van der Waals surface area contributed by atoms with Crippen LogP contribution in [0.4, 0.5) is 22.0 Å². The number of hydrogen-bond acceptors (Lipinski definition) is 4. The zero-order chi connectivity index (χ0) is 15.5. The second-order valence-electron chi connectivity index (χ2n) is 3.35. The molecule has 1 N–H and O–H groups in total. The van der Waals surface area contributed by atoms with Crippen LogP contribution < -0.4 is 10.2 Å². The Morgan fingerprint density at radius 1 is 1.40 bits per heavy atom. The van der Waals surface area contributed by atoms with Gasteiger partial charge in [-0.1, -0.05) is 0 Å². The Kier molecular flexibility index (Phi) is 4.69. The third-order valence-corrected chi connectivity index (χ3v) is 2.00. The molecule has 0 spiro atoms. The first kappa shape index (κ1) is 15.9. The number of pyridine rings is 1. The highest BCUT2D eigenvalue weighted by Gasteiger charge is 2.36. The molecule has 0 fully saturated rings. The molecule has 5 nitrogen and oxygen atoms in total. The lowest BCUT2D eigenvalue weighted by atomic mass is 10.2. The molecule has 0 radical (unpaired) electrons. The van der Waals surface area contributed by atoms with Crippen molar-refractivity contribution in [3.63, 3.8) is 0 Å². The SMILES string of the molecule is CCOC(=O)c1[nH]cc(C(F)F)c(=O)c1OC(F)(F)F. The van der Waals surface area contributed by atoms with Crippen LogP contribution in [-0.2, 0) is 4.74 Å². The van der Waals surface area contributed by atoms with Crippen molar-refractivity contribution >= 4 is 5.97 Å². The van der Waals surface area contributed by atoms with Gasteiger partial charge in [-0.05, 0) is 6.92 Å². The summed E-state index contributed by atoms with van der Waals surface area (Å²) in [5.74, 6) is -2.90. The molecule has 1 aromatic rings. The molecule has 112 valence electrons. The highest BCUT2D eigenvalue weighted by atomic mass is 19.4. The molecule has 1 heterocycles. The smallest absolute Gasteiger partial charge is 0.461 e. The van der Waals surface area contributed by atoms with E-state index in [1.54, 1.807) is 0 Å². The number of halogens is 5. The Morgan fingerprint density at radius 3 is 2.45 bits per heavy atom. The summed E-state index contributed by atoms with van der Waals surface area (Å²) in [5, 5.41) is 0. The van der Waals surface area contributed by atoms with Gasteiger partial charge >= 0.3 is 12.3 Å². The lowest BCUT2D eigenvalue weighted by Crippen LogP contribution is -2.27. The Hall–Kier alpha value is -2.13. The van der Waals surface area contributed by atoms with E-state index >= 15 is 0 Å². The lowest BCUT2D eigenvalue weighted by molar-refractivity contribution is -0.275. The van der Waals surface area contributed by atoms with Gasteiger partial charge in [-0.15, -0.1) is 13.2 Å². The predicted octanol–water partition coefficient (Wildman–Crippen LogP) is 2.39. The van der Waals surface area contributed by atoms with Gasteiger partial charge in [-0.2, -0.15) is 0 Å². The maximum atomic E-state index is 12.4. The van der Waals surface area contributed by atoms with Gasteiger partial charge in [0, 0.05) is 6.20 Å². The third kappa shape index (κ3) is 3.68. The summed E-state index contributed by atoms with van der Waals surface area (Å²) in [6, 6.07) is 0. The van der Waals surface area contributed by atoms with Crippen molar-refractivity contribution in [2.45, 2.75) is 19.7 Å². The molecule has 0 saturated carbocycles. The Labute approximate surface area is 108 Å². The van der Waals surface area contributed by atoms with Gasteiger partial charge in [-0.25, -0.2) is 13.6 Å². The van der Waals surface area contributed by atoms with Crippen LogP contribution in [0.2, 0.25) is 0 Å². The summed E-state index contributed by atoms with van der Waals surface area (Å²) in [4.78, 5) is 24.7. The number of alkyl halides is 5. The van der Waals surface area contributed by atoms with Crippen LogP contribution in [0, 0.1) is 0 Å². The molecular formula is C10H8F5NO4. The van der Waals surface area contributed by atoms with Crippen LogP contribution >= 0.6 is 0 Å². The minimum absolute atomic E-state index is 0.192. The average molecular weight is 301 g/mol. The predicted molar refractivity (Wildman–Crippen MR) is 54.7 cm³/mol. The van der Waals surface area contributed by atoms with Crippen LogP contribution in [0.5, 0.6) is 5.75 Å². The van der Waals surface area contributed by atoms with Crippen molar-refractivity contribution < 1.29 is 36.2 Å². The highest BCUT2D eigenvalue weighted by Crippen LogP contribution is 2.25. The van der Waals surface area contributed by atoms with Crippen LogP contribution in [0.3, 0.4) is 0 Å². The van der Waals surface area contributed by atoms with Gasteiger partial charge in [0.1, 0.15) is 0 Å². The van der Waals surface area contributed by atoms with Crippen molar-refractivity contribution in [3.8, 4) is 5.75 Å². The van der Waals surface area contributed by atoms with E-state index in [1.807, 2.05) is 4.98 Å². The number of ether oxygens (including phenoxy) is 2. The van der Waals surface area contributed by atoms with Crippen molar-refractivity contribution in [1.29, 1.82) is 0 Å². The number of rotatable bonds is 4. The number of carbonyl (C=O) groups excluding carboxylic acids is 1. The average Bonchev–Trinajstić information content (AvgIpc) is 2.29. The topological polar surface area (TPSA) is 68.4 Å². The zero-order valence-electron chi connectivity index (χ0n) is 9.88. The van der Waals surface area contributed by atoms with E-state index in [9.17, 15) is 31.5 Å². The van der Waals surface area contributed by atoms with Gasteiger partial charge in [0.25, 0.3) is 6.43 Å². The maximum absolute atomic E-state index is 12.4. The molecular weight excluding hydrogens is 293 g/mol. The van der Waals surface area contributed by atoms with E-state index in [1.165, 1.54) is 6.92 Å². The quantitative estimate of drug-likeness (QED) is 0.685. The van der Waals surface area contributed by atoms with Gasteiger partial charge in [0.2, 0.25) is 11.2 Å². The van der Waals surface area contributed by atoms with Gasteiger partial charge in [-0.3, -0.25) is 4.79 Å². The summed E-state index contributed by atoms with van der Waals surface area (Å²) in [7, 11) is 0. The molecule has 0 atom stereocenters. The number of carbonyl (C=O) groups is 1. The summed E-state index contributed by atoms with van der Waals surface area (Å²) in [6.07, 6.45) is -8.22. The van der Waals surface area contributed by atoms with Crippen LogP contribution in [0.15, 0.2) is 11.0 Å². The number of esters is 1. The molecule has 0 amide bonds. The minimum atomic E-state index is -5.32. The van der Waals surface area contributed by atoms with Gasteiger partial charge < -0.3 is 14.5 Å². The van der Waals surface area contributed by atoms with Crippen molar-refractivity contribution in [2.24, 2.45) is 0 Å². The monoisotopic (exact) mass is 301 g/mol. The van der Waals surface area contributed by atoms with E-state index in [0.29, 0.717) is 6.20 Å². The van der Waals surface area contributed by atoms with Gasteiger partial charge in [0.05, 0.1) is 12.2 Å². The van der Waals surface area contributed by atoms with Crippen LogP contribution in [0.1, 0.15) is 29.4 Å². The highest BCUT2D eigenvalue weighted by molar-refractivity contribution is 5.90. The molecule has 1 aromatic heterocycles. The van der Waals surface area contributed by atoms with E-state index < -0.39 is 41.2 Å². The standard InChI is InChI=1S/C10H8F5NO4/c1-2-19-9(18)5-7(20-10(13,14)15)6(17)4(3-16-5)8(11)12/h3,8H,2H2,1H3,(H,16,17). The van der Waals surface area contributed by atoms with E-state index in [2.05, 4.69) is 9.47 Å². The van der Waals surface area contributed by atoms with Crippen LogP contribution in [0.25, 0.3) is 0 Å². The van der Waals surface area contributed by atoms with E-state index in [4.69, 9.17) is 0 Å². The summed E-state index contributed by atoms with van der Waals surface area (Å²) in [6.45, 7) is 1.18. The third-order valence-electron chi connectivity index (χ3n) is 2.00. The zero-order valence-corrected chi connectivity index (χ0v) is 9.88. The Morgan fingerprint density at radius 2 is 2.00 bits per heavy atom. The fourth-order valence-electron chi connectivity index (χ4n) is 1.26. The molecule has 10 heteroatoms. The molecule has 0 bridgehead atoms. The number of hydrogen-bond donors (Lipinski definition) is 1. The van der Waals surface area contributed by atoms with Crippen LogP contribution in [-0.4, -0.2) is 23.9 Å². The second kappa shape index (κ2) is 5.88. The largest absolute Gasteiger partial charge is 0.573 e. The summed E-state index contributed by atoms with van der Waals surface area (Å²) in [5.41, 5.74) is -3.98. The summed E-state index contributed by atoms with van der Waals surface area (Å²) < 4.78 is 69.1. The molecule has 0 unspecified atom stereocenters. The first-order chi connectivity index (χ1) is 9.17. The molecule has 0 aromatic carbocycles. The van der Waals surface area contributed by atoms with Crippen molar-refractivity contribution in [2.75, 3.05) is 6.61 Å². The Bertz CT molecular complexity index is 552. The fourth-order valence-corrected chi connectivity index (χ4v) is 1.26. The van der Waals surface area contributed by atoms with E-state index in [0.717, 1.165) is 0 Å². The van der Waals surface area contributed by atoms with Crippen molar-refractivity contribution in [3.05, 3.63) is 27.7 Å². The number of aromatic amines is 1. The first-order valence-corrected chi connectivity index (χ1v) is 5.14. The summed E-state index contributed by atoms with van der Waals surface area (Å²) >= 11 is 0. The lowest BCUT2D eigenvalue weighted by Gasteiger charge is -2.13. The number of H-pyrrole nitrogens is 1. The minimum Gasteiger partial charge on any atom is -0.461 e. The van der Waals surface area contributed by atoms with Crippen molar-refractivity contribution in [1.82, 2.24) is 4.98 Å². The number of nitrogens with one attached hydrogen (secondary N) is 1. The molecule has 1 rings (SSSR count). The molecule has 0 aliphatic rings. The Balaban J connectivity index is 3.41. The molecule has 0 aliphatic carbocycles. The maximum Gasteiger partial charge on any atom is 0.573 e. The number of aromatic nitrogens is 1. The fraction of sp³-hybridized carbons (Fsp3) is 0.400.